The summed E-state index contributed by atoms with van der Waals surface area (Å²) in [5, 5.41) is 2.95. The molecule has 2 N–H and O–H groups in total. The molecular formula is C34H35F2N3O5S. The summed E-state index contributed by atoms with van der Waals surface area (Å²) in [7, 11) is -3.96. The van der Waals surface area contributed by atoms with Crippen LogP contribution in [0.2, 0.25) is 0 Å². The number of hydrogen-bond acceptors (Lipinski definition) is 5. The lowest BCUT2D eigenvalue weighted by molar-refractivity contribution is -0.143. The average molecular weight is 636 g/mol. The van der Waals surface area contributed by atoms with Gasteiger partial charge >= 0.3 is 0 Å². The molecule has 0 aromatic heterocycles. The van der Waals surface area contributed by atoms with Crippen molar-refractivity contribution in [1.82, 2.24) is 10.2 Å². The fourth-order valence-electron chi connectivity index (χ4n) is 4.58. The van der Waals surface area contributed by atoms with Gasteiger partial charge in [0.25, 0.3) is 15.9 Å². The van der Waals surface area contributed by atoms with E-state index in [1.807, 2.05) is 6.07 Å². The summed E-state index contributed by atoms with van der Waals surface area (Å²) in [6.07, 6.45) is 2.73. The number of amides is 2. The molecule has 1 atom stereocenters. The Kier molecular flexibility index (Phi) is 11.6. The summed E-state index contributed by atoms with van der Waals surface area (Å²) in [4.78, 5) is 28.6. The molecule has 0 unspecified atom stereocenters. The lowest BCUT2D eigenvalue weighted by atomic mass is 10.0. The quantitative estimate of drug-likeness (QED) is 0.151. The molecule has 0 saturated heterocycles. The van der Waals surface area contributed by atoms with Crippen LogP contribution >= 0.6 is 0 Å². The van der Waals surface area contributed by atoms with Crippen LogP contribution in [0.5, 0.6) is 5.75 Å². The lowest BCUT2D eigenvalue weighted by Gasteiger charge is -2.31. The first-order valence-electron chi connectivity index (χ1n) is 14.5. The van der Waals surface area contributed by atoms with Gasteiger partial charge < -0.3 is 15.0 Å². The zero-order chi connectivity index (χ0) is 32.2. The molecule has 0 aliphatic carbocycles. The largest absolute Gasteiger partial charge is 0.484 e. The molecule has 2 amide bonds. The molecular weight excluding hydrogens is 600 g/mol. The van der Waals surface area contributed by atoms with Crippen LogP contribution in [0, 0.1) is 11.6 Å². The number of unbranched alkanes of at least 4 members (excludes halogenated alkanes) is 2. The van der Waals surface area contributed by atoms with Gasteiger partial charge in [0.1, 0.15) is 23.4 Å². The predicted octanol–water partition coefficient (Wildman–Crippen LogP) is 6.22. The van der Waals surface area contributed by atoms with E-state index < -0.39 is 40.2 Å². The van der Waals surface area contributed by atoms with E-state index in [0.29, 0.717) is 17.7 Å². The molecule has 0 heterocycles. The molecule has 0 spiro atoms. The molecule has 236 valence electrons. The average Bonchev–Trinajstić information content (AvgIpc) is 3.04. The highest BCUT2D eigenvalue weighted by atomic mass is 32.2. The Balaban J connectivity index is 1.53. The SMILES string of the molecule is CCCCCNC(=O)[C@H](c1ccccc1)N(Cc1ccc(F)cc1)C(=O)COc1ccc(S(=O)(=O)Nc2ccc(F)cc2)cc1. The summed E-state index contributed by atoms with van der Waals surface area (Å²) < 4.78 is 60.5. The van der Waals surface area contributed by atoms with Crippen molar-refractivity contribution in [2.45, 2.75) is 43.7 Å². The van der Waals surface area contributed by atoms with E-state index in [-0.39, 0.29) is 28.8 Å². The van der Waals surface area contributed by atoms with E-state index >= 15 is 0 Å². The van der Waals surface area contributed by atoms with Gasteiger partial charge in [-0.15, -0.1) is 0 Å². The van der Waals surface area contributed by atoms with Gasteiger partial charge in [-0.05, 0) is 78.2 Å². The predicted molar refractivity (Wildman–Crippen MR) is 168 cm³/mol. The van der Waals surface area contributed by atoms with Crippen molar-refractivity contribution in [2.24, 2.45) is 0 Å². The Morgan fingerprint density at radius 2 is 1.44 bits per heavy atom. The van der Waals surface area contributed by atoms with Crippen molar-refractivity contribution in [3.05, 3.63) is 126 Å². The summed E-state index contributed by atoms with van der Waals surface area (Å²) >= 11 is 0. The van der Waals surface area contributed by atoms with Crippen LogP contribution in [0.4, 0.5) is 14.5 Å². The van der Waals surface area contributed by atoms with E-state index in [9.17, 15) is 26.8 Å². The normalized spacial score (nSPS) is 11.8. The summed E-state index contributed by atoms with van der Waals surface area (Å²) in [5.41, 5.74) is 1.42. The second-order valence-corrected chi connectivity index (χ2v) is 12.0. The Bertz CT molecular complexity index is 1650. The van der Waals surface area contributed by atoms with Crippen LogP contribution in [-0.4, -0.2) is 38.3 Å². The van der Waals surface area contributed by atoms with Gasteiger partial charge in [-0.2, -0.15) is 0 Å². The van der Waals surface area contributed by atoms with Crippen LogP contribution in [0.25, 0.3) is 0 Å². The minimum atomic E-state index is -3.96. The van der Waals surface area contributed by atoms with Crippen LogP contribution in [0.1, 0.15) is 43.4 Å². The minimum Gasteiger partial charge on any atom is -0.484 e. The number of sulfonamides is 1. The first kappa shape index (κ1) is 33.1. The standard InChI is InChI=1S/C34H35F2N3O5S/c1-2-3-7-22-37-34(41)33(26-8-5-4-6-9-26)39(23-25-10-12-27(35)13-11-25)32(40)24-44-30-18-20-31(21-19-30)45(42,43)38-29-16-14-28(36)15-17-29/h4-6,8-21,33,38H,2-3,7,22-24H2,1H3,(H,37,41)/t33-/m0/s1. The molecule has 45 heavy (non-hydrogen) atoms. The zero-order valence-corrected chi connectivity index (χ0v) is 25.6. The molecule has 0 aliphatic heterocycles. The molecule has 0 fully saturated rings. The number of rotatable bonds is 15. The first-order chi connectivity index (χ1) is 21.7. The number of anilines is 1. The number of benzene rings is 4. The Hall–Kier alpha value is -4.77. The van der Waals surface area contributed by atoms with Crippen LogP contribution in [-0.2, 0) is 26.2 Å². The van der Waals surface area contributed by atoms with Crippen molar-refractivity contribution in [3.63, 3.8) is 0 Å². The van der Waals surface area contributed by atoms with Gasteiger partial charge in [0.2, 0.25) is 5.91 Å². The third-order valence-corrected chi connectivity index (χ3v) is 8.33. The summed E-state index contributed by atoms with van der Waals surface area (Å²) in [5.74, 6) is -1.55. The number of halogens is 2. The Morgan fingerprint density at radius 3 is 2.07 bits per heavy atom. The fraction of sp³-hybridized carbons (Fsp3) is 0.235. The minimum absolute atomic E-state index is 0.0106. The number of carbonyl (C=O) groups excluding carboxylic acids is 2. The number of hydrogen-bond donors (Lipinski definition) is 2. The second kappa shape index (κ2) is 15.8. The van der Waals surface area contributed by atoms with Gasteiger partial charge in [-0.3, -0.25) is 14.3 Å². The molecule has 11 heteroatoms. The van der Waals surface area contributed by atoms with Gasteiger partial charge in [0.15, 0.2) is 6.61 Å². The molecule has 4 aromatic rings. The zero-order valence-electron chi connectivity index (χ0n) is 24.8. The second-order valence-electron chi connectivity index (χ2n) is 10.3. The Morgan fingerprint density at radius 1 is 0.822 bits per heavy atom. The van der Waals surface area contributed by atoms with Crippen molar-refractivity contribution >= 4 is 27.5 Å². The highest BCUT2D eigenvalue weighted by Crippen LogP contribution is 2.25. The van der Waals surface area contributed by atoms with E-state index in [1.165, 1.54) is 53.4 Å². The van der Waals surface area contributed by atoms with Crippen LogP contribution < -0.4 is 14.8 Å². The van der Waals surface area contributed by atoms with Crippen LogP contribution in [0.3, 0.4) is 0 Å². The fourth-order valence-corrected chi connectivity index (χ4v) is 5.64. The van der Waals surface area contributed by atoms with E-state index in [4.69, 9.17) is 4.74 Å². The highest BCUT2D eigenvalue weighted by molar-refractivity contribution is 7.92. The van der Waals surface area contributed by atoms with Crippen LogP contribution in [0.15, 0.2) is 108 Å². The molecule has 4 aromatic carbocycles. The maximum atomic E-state index is 13.8. The number of nitrogens with zero attached hydrogens (tertiary/aromatic N) is 1. The smallest absolute Gasteiger partial charge is 0.261 e. The summed E-state index contributed by atoms with van der Waals surface area (Å²) in [6, 6.07) is 24.0. The van der Waals surface area contributed by atoms with Gasteiger partial charge in [-0.1, -0.05) is 62.2 Å². The summed E-state index contributed by atoms with van der Waals surface area (Å²) in [6.45, 7) is 2.08. The van der Waals surface area contributed by atoms with Crippen molar-refractivity contribution in [1.29, 1.82) is 0 Å². The van der Waals surface area contributed by atoms with E-state index in [1.54, 1.807) is 36.4 Å². The molecule has 0 aliphatic rings. The Labute approximate surface area is 262 Å². The lowest BCUT2D eigenvalue weighted by Crippen LogP contribution is -2.45. The van der Waals surface area contributed by atoms with Crippen molar-refractivity contribution in [3.8, 4) is 5.75 Å². The third-order valence-electron chi connectivity index (χ3n) is 6.93. The molecule has 8 nitrogen and oxygen atoms in total. The van der Waals surface area contributed by atoms with Gasteiger partial charge in [0.05, 0.1) is 4.90 Å². The first-order valence-corrected chi connectivity index (χ1v) is 16.0. The number of nitrogens with one attached hydrogen (secondary N) is 2. The van der Waals surface area contributed by atoms with Crippen molar-refractivity contribution in [2.75, 3.05) is 17.9 Å². The van der Waals surface area contributed by atoms with Gasteiger partial charge in [-0.25, -0.2) is 17.2 Å². The number of carbonyl (C=O) groups is 2. The monoisotopic (exact) mass is 635 g/mol. The number of ether oxygens (including phenoxy) is 1. The molecule has 0 bridgehead atoms. The molecule has 4 rings (SSSR count). The molecule has 0 radical (unpaired) electrons. The maximum Gasteiger partial charge on any atom is 0.261 e. The topological polar surface area (TPSA) is 105 Å². The highest BCUT2D eigenvalue weighted by Gasteiger charge is 2.31. The van der Waals surface area contributed by atoms with Crippen molar-refractivity contribution < 1.29 is 31.5 Å². The maximum absolute atomic E-state index is 13.8. The van der Waals surface area contributed by atoms with Gasteiger partial charge in [0, 0.05) is 18.8 Å². The van der Waals surface area contributed by atoms with E-state index in [2.05, 4.69) is 17.0 Å². The third kappa shape index (κ3) is 9.61. The van der Waals surface area contributed by atoms with E-state index in [0.717, 1.165) is 31.4 Å². The molecule has 0 saturated carbocycles.